The van der Waals surface area contributed by atoms with Crippen molar-refractivity contribution in [2.75, 3.05) is 13.1 Å². The maximum absolute atomic E-state index is 13.0. The lowest BCUT2D eigenvalue weighted by molar-refractivity contribution is 0.682. The molecule has 0 radical (unpaired) electrons. The number of benzene rings is 2. The molecule has 1 aliphatic rings. The van der Waals surface area contributed by atoms with Crippen molar-refractivity contribution in [3.63, 3.8) is 0 Å². The molecule has 1 atom stereocenters. The SMILES string of the molecule is Cc1ccc(Br)cc1CS(=O)c1ccccc1C1=NCCCN1. The van der Waals surface area contributed by atoms with E-state index in [0.717, 1.165) is 51.4 Å². The molecule has 3 rings (SSSR count). The molecule has 0 saturated heterocycles. The lowest BCUT2D eigenvalue weighted by Gasteiger charge is -2.17. The van der Waals surface area contributed by atoms with E-state index in [2.05, 4.69) is 39.2 Å². The Balaban J connectivity index is 1.91. The molecule has 1 heterocycles. The number of hydrogen-bond acceptors (Lipinski definition) is 3. The van der Waals surface area contributed by atoms with E-state index >= 15 is 0 Å². The van der Waals surface area contributed by atoms with Gasteiger partial charge in [0.1, 0.15) is 5.84 Å². The molecule has 0 spiro atoms. The number of hydrogen-bond donors (Lipinski definition) is 1. The zero-order chi connectivity index (χ0) is 16.2. The number of rotatable bonds is 4. The predicted molar refractivity (Wildman–Crippen MR) is 99.5 cm³/mol. The smallest absolute Gasteiger partial charge is 0.129 e. The summed E-state index contributed by atoms with van der Waals surface area (Å²) in [6.07, 6.45) is 1.05. The number of nitrogens with one attached hydrogen (secondary N) is 1. The Kier molecular flexibility index (Phi) is 5.28. The molecule has 5 heteroatoms. The highest BCUT2D eigenvalue weighted by Crippen LogP contribution is 2.22. The average molecular weight is 391 g/mol. The zero-order valence-corrected chi connectivity index (χ0v) is 15.4. The molecule has 0 saturated carbocycles. The van der Waals surface area contributed by atoms with E-state index in [9.17, 15) is 4.21 Å². The van der Waals surface area contributed by atoms with Gasteiger partial charge in [0.25, 0.3) is 0 Å². The van der Waals surface area contributed by atoms with Gasteiger partial charge in [-0.3, -0.25) is 9.20 Å². The second kappa shape index (κ2) is 7.41. The summed E-state index contributed by atoms with van der Waals surface area (Å²) in [7, 11) is -1.11. The van der Waals surface area contributed by atoms with Crippen LogP contribution >= 0.6 is 15.9 Å². The summed E-state index contributed by atoms with van der Waals surface area (Å²) in [6.45, 7) is 3.80. The van der Waals surface area contributed by atoms with Crippen molar-refractivity contribution in [2.45, 2.75) is 24.0 Å². The summed E-state index contributed by atoms with van der Waals surface area (Å²) in [5, 5.41) is 3.32. The average Bonchev–Trinajstić information content (AvgIpc) is 2.59. The first-order chi connectivity index (χ1) is 11.1. The van der Waals surface area contributed by atoms with Crippen LogP contribution in [0.15, 0.2) is 56.8 Å². The van der Waals surface area contributed by atoms with Crippen LogP contribution in [0.1, 0.15) is 23.1 Å². The molecule has 0 fully saturated rings. The minimum atomic E-state index is -1.11. The van der Waals surface area contributed by atoms with Gasteiger partial charge < -0.3 is 5.32 Å². The van der Waals surface area contributed by atoms with E-state index in [-0.39, 0.29) is 0 Å². The van der Waals surface area contributed by atoms with Crippen LogP contribution in [0.3, 0.4) is 0 Å². The fourth-order valence-corrected chi connectivity index (χ4v) is 4.39. The van der Waals surface area contributed by atoms with Gasteiger partial charge in [0.2, 0.25) is 0 Å². The lowest BCUT2D eigenvalue weighted by Crippen LogP contribution is -2.31. The maximum atomic E-state index is 13.0. The van der Waals surface area contributed by atoms with Crippen molar-refractivity contribution >= 4 is 32.6 Å². The van der Waals surface area contributed by atoms with Crippen molar-refractivity contribution in [1.29, 1.82) is 0 Å². The van der Waals surface area contributed by atoms with Gasteiger partial charge in [0.05, 0.1) is 21.4 Å². The summed E-state index contributed by atoms with van der Waals surface area (Å²) in [5.74, 6) is 1.38. The molecule has 1 aliphatic heterocycles. The first-order valence-corrected chi connectivity index (χ1v) is 9.77. The van der Waals surface area contributed by atoms with Crippen LogP contribution in [0.5, 0.6) is 0 Å². The first-order valence-electron chi connectivity index (χ1n) is 7.66. The molecule has 23 heavy (non-hydrogen) atoms. The van der Waals surface area contributed by atoms with Gasteiger partial charge in [-0.15, -0.1) is 0 Å². The summed E-state index contributed by atoms with van der Waals surface area (Å²) >= 11 is 3.49. The van der Waals surface area contributed by atoms with Crippen molar-refractivity contribution in [3.8, 4) is 0 Å². The van der Waals surface area contributed by atoms with Gasteiger partial charge in [-0.1, -0.05) is 40.2 Å². The Hall–Kier alpha value is -1.46. The van der Waals surface area contributed by atoms with Crippen LogP contribution in [-0.2, 0) is 16.6 Å². The molecule has 2 aromatic rings. The van der Waals surface area contributed by atoms with Crippen molar-refractivity contribution < 1.29 is 4.21 Å². The summed E-state index contributed by atoms with van der Waals surface area (Å²) in [6, 6.07) is 14.0. The molecule has 0 aromatic heterocycles. The lowest BCUT2D eigenvalue weighted by atomic mass is 10.1. The van der Waals surface area contributed by atoms with Gasteiger partial charge in [-0.2, -0.15) is 0 Å². The van der Waals surface area contributed by atoms with Gasteiger partial charge in [0.15, 0.2) is 0 Å². The Morgan fingerprint density at radius 1 is 1.26 bits per heavy atom. The number of aryl methyl sites for hydroxylation is 1. The van der Waals surface area contributed by atoms with Crippen molar-refractivity contribution in [3.05, 3.63) is 63.6 Å². The molecule has 0 aliphatic carbocycles. The minimum absolute atomic E-state index is 0.509. The van der Waals surface area contributed by atoms with Crippen LogP contribution < -0.4 is 5.32 Å². The molecule has 1 unspecified atom stereocenters. The van der Waals surface area contributed by atoms with Crippen LogP contribution in [0.25, 0.3) is 0 Å². The second-order valence-corrected chi connectivity index (χ2v) is 7.90. The fraction of sp³-hybridized carbons (Fsp3) is 0.278. The summed E-state index contributed by atoms with van der Waals surface area (Å²) < 4.78 is 14.0. The van der Waals surface area contributed by atoms with Gasteiger partial charge >= 0.3 is 0 Å². The molecule has 3 nitrogen and oxygen atoms in total. The Labute approximate surface area is 147 Å². The highest BCUT2D eigenvalue weighted by atomic mass is 79.9. The summed E-state index contributed by atoms with van der Waals surface area (Å²) in [5.41, 5.74) is 3.22. The van der Waals surface area contributed by atoms with Crippen LogP contribution in [-0.4, -0.2) is 23.1 Å². The number of nitrogens with zero attached hydrogens (tertiary/aromatic N) is 1. The van der Waals surface area contributed by atoms with E-state index in [1.54, 1.807) is 0 Å². The molecular weight excluding hydrogens is 372 g/mol. The Morgan fingerprint density at radius 3 is 2.87 bits per heavy atom. The van der Waals surface area contributed by atoms with Gasteiger partial charge in [-0.05, 0) is 42.7 Å². The first kappa shape index (κ1) is 16.4. The van der Waals surface area contributed by atoms with Gasteiger partial charge in [0, 0.05) is 23.1 Å². The summed E-state index contributed by atoms with van der Waals surface area (Å²) in [4.78, 5) is 5.39. The highest BCUT2D eigenvalue weighted by molar-refractivity contribution is 9.10. The molecular formula is C18H19BrN2OS. The number of amidine groups is 1. The number of aliphatic imine (C=N–C) groups is 1. The third-order valence-electron chi connectivity index (χ3n) is 3.88. The largest absolute Gasteiger partial charge is 0.370 e. The van der Waals surface area contributed by atoms with Crippen LogP contribution in [0.2, 0.25) is 0 Å². The Bertz CT molecular complexity index is 773. The quantitative estimate of drug-likeness (QED) is 0.862. The topological polar surface area (TPSA) is 41.5 Å². The number of halogens is 1. The monoisotopic (exact) mass is 390 g/mol. The van der Waals surface area contributed by atoms with E-state index in [0.29, 0.717) is 5.75 Å². The molecule has 120 valence electrons. The van der Waals surface area contributed by atoms with Crippen molar-refractivity contribution in [2.24, 2.45) is 4.99 Å². The second-order valence-electron chi connectivity index (χ2n) is 5.57. The molecule has 1 N–H and O–H groups in total. The Morgan fingerprint density at radius 2 is 2.09 bits per heavy atom. The van der Waals surface area contributed by atoms with E-state index in [1.165, 1.54) is 0 Å². The van der Waals surface area contributed by atoms with Crippen molar-refractivity contribution in [1.82, 2.24) is 5.32 Å². The standard InChI is InChI=1S/C18H19BrN2OS/c1-13-7-8-15(19)11-14(13)12-23(22)17-6-3-2-5-16(17)18-20-9-4-10-21-18/h2-3,5-8,11H,4,9-10,12H2,1H3,(H,20,21). The molecule has 0 bridgehead atoms. The molecule has 2 aromatic carbocycles. The fourth-order valence-electron chi connectivity index (χ4n) is 2.59. The third-order valence-corrected chi connectivity index (χ3v) is 5.80. The minimum Gasteiger partial charge on any atom is -0.370 e. The van der Waals surface area contributed by atoms with E-state index in [4.69, 9.17) is 0 Å². The van der Waals surface area contributed by atoms with Crippen LogP contribution in [0, 0.1) is 6.92 Å². The van der Waals surface area contributed by atoms with Gasteiger partial charge in [-0.25, -0.2) is 0 Å². The molecule has 0 amide bonds. The predicted octanol–water partition coefficient (Wildman–Crippen LogP) is 3.81. The zero-order valence-electron chi connectivity index (χ0n) is 13.0. The van der Waals surface area contributed by atoms with E-state index in [1.807, 2.05) is 36.4 Å². The normalized spacial score (nSPS) is 15.7. The van der Waals surface area contributed by atoms with E-state index < -0.39 is 10.8 Å². The maximum Gasteiger partial charge on any atom is 0.129 e. The van der Waals surface area contributed by atoms with Crippen LogP contribution in [0.4, 0.5) is 0 Å². The third kappa shape index (κ3) is 3.90. The highest BCUT2D eigenvalue weighted by Gasteiger charge is 2.16.